The van der Waals surface area contributed by atoms with Crippen LogP contribution < -0.4 is 0 Å². The van der Waals surface area contributed by atoms with Crippen LogP contribution in [0, 0.1) is 12.8 Å². The molecule has 1 aliphatic heterocycles. The fourth-order valence-corrected chi connectivity index (χ4v) is 3.65. The lowest BCUT2D eigenvalue weighted by atomic mass is 9.97. The Morgan fingerprint density at radius 1 is 1.21 bits per heavy atom. The van der Waals surface area contributed by atoms with Crippen molar-refractivity contribution in [3.05, 3.63) is 40.9 Å². The van der Waals surface area contributed by atoms with E-state index in [9.17, 15) is 9.59 Å². The van der Waals surface area contributed by atoms with Crippen LogP contribution in [0.15, 0.2) is 29.6 Å². The Labute approximate surface area is 145 Å². The number of hydrogen-bond donors (Lipinski definition) is 0. The fraction of sp³-hybridized carbons (Fsp3) is 0.389. The summed E-state index contributed by atoms with van der Waals surface area (Å²) in [7, 11) is 1.40. The molecule has 0 unspecified atom stereocenters. The Kier molecular flexibility index (Phi) is 4.94. The number of piperidine rings is 1. The first kappa shape index (κ1) is 16.6. The zero-order chi connectivity index (χ0) is 17.1. The highest BCUT2D eigenvalue weighted by molar-refractivity contribution is 7.13. The summed E-state index contributed by atoms with van der Waals surface area (Å²) >= 11 is 1.48. The van der Waals surface area contributed by atoms with Gasteiger partial charge in [-0.3, -0.25) is 9.59 Å². The lowest BCUT2D eigenvalue weighted by Gasteiger charge is -2.30. The Morgan fingerprint density at radius 2 is 1.88 bits per heavy atom. The maximum atomic E-state index is 12.6. The topological polar surface area (TPSA) is 59.5 Å². The molecule has 1 fully saturated rings. The molecule has 1 aromatic carbocycles. The molecule has 0 atom stereocenters. The zero-order valence-electron chi connectivity index (χ0n) is 13.8. The summed E-state index contributed by atoms with van der Waals surface area (Å²) in [5.41, 5.74) is 2.70. The van der Waals surface area contributed by atoms with Gasteiger partial charge in [0.15, 0.2) is 0 Å². The molecule has 24 heavy (non-hydrogen) atoms. The van der Waals surface area contributed by atoms with Gasteiger partial charge in [-0.1, -0.05) is 29.8 Å². The summed E-state index contributed by atoms with van der Waals surface area (Å²) in [6, 6.07) is 8.11. The van der Waals surface area contributed by atoms with Crippen LogP contribution in [0.25, 0.3) is 10.6 Å². The second-order valence-electron chi connectivity index (χ2n) is 5.99. The molecule has 1 saturated heterocycles. The van der Waals surface area contributed by atoms with E-state index in [2.05, 4.69) is 4.98 Å². The number of hydrogen-bond acceptors (Lipinski definition) is 5. The van der Waals surface area contributed by atoms with E-state index < -0.39 is 0 Å². The van der Waals surface area contributed by atoms with Gasteiger partial charge >= 0.3 is 5.97 Å². The highest BCUT2D eigenvalue weighted by Crippen LogP contribution is 2.26. The molecule has 0 aliphatic carbocycles. The van der Waals surface area contributed by atoms with Gasteiger partial charge in [0.25, 0.3) is 5.91 Å². The van der Waals surface area contributed by atoms with E-state index in [1.807, 2.05) is 36.6 Å². The molecule has 0 N–H and O–H groups in total. The molecule has 0 spiro atoms. The van der Waals surface area contributed by atoms with Crippen molar-refractivity contribution in [2.75, 3.05) is 20.2 Å². The number of rotatable bonds is 3. The van der Waals surface area contributed by atoms with Gasteiger partial charge in [-0.25, -0.2) is 4.98 Å². The molecule has 5 nitrogen and oxygen atoms in total. The van der Waals surface area contributed by atoms with Crippen LogP contribution in [0.5, 0.6) is 0 Å². The van der Waals surface area contributed by atoms with Gasteiger partial charge in [-0.05, 0) is 19.8 Å². The first-order valence-electron chi connectivity index (χ1n) is 7.98. The van der Waals surface area contributed by atoms with Crippen molar-refractivity contribution in [1.82, 2.24) is 9.88 Å². The monoisotopic (exact) mass is 344 g/mol. The van der Waals surface area contributed by atoms with Gasteiger partial charge in [-0.15, -0.1) is 11.3 Å². The highest BCUT2D eigenvalue weighted by atomic mass is 32.1. The smallest absolute Gasteiger partial charge is 0.308 e. The number of thiazole rings is 1. The average Bonchev–Trinajstić information content (AvgIpc) is 3.11. The minimum absolute atomic E-state index is 0.0621. The summed E-state index contributed by atoms with van der Waals surface area (Å²) < 4.78 is 4.78. The number of esters is 1. The lowest BCUT2D eigenvalue weighted by Crippen LogP contribution is -2.40. The minimum Gasteiger partial charge on any atom is -0.469 e. The number of carbonyl (C=O) groups excluding carboxylic acids is 2. The van der Waals surface area contributed by atoms with Gasteiger partial charge in [0.1, 0.15) is 10.7 Å². The normalized spacial score (nSPS) is 15.3. The van der Waals surface area contributed by atoms with Crippen molar-refractivity contribution < 1.29 is 14.3 Å². The maximum absolute atomic E-state index is 12.6. The quantitative estimate of drug-likeness (QED) is 0.803. The molecule has 1 aliphatic rings. The van der Waals surface area contributed by atoms with Gasteiger partial charge < -0.3 is 9.64 Å². The first-order chi connectivity index (χ1) is 11.6. The second kappa shape index (κ2) is 7.13. The largest absolute Gasteiger partial charge is 0.469 e. The van der Waals surface area contributed by atoms with Crippen LogP contribution in [0.4, 0.5) is 0 Å². The summed E-state index contributed by atoms with van der Waals surface area (Å²) in [6.45, 7) is 3.17. The molecule has 3 rings (SSSR count). The number of ether oxygens (including phenoxy) is 1. The molecule has 0 radical (unpaired) electrons. The predicted octanol–water partition coefficient (Wildman–Crippen LogP) is 3.14. The second-order valence-corrected chi connectivity index (χ2v) is 6.85. The summed E-state index contributed by atoms with van der Waals surface area (Å²) in [5, 5.41) is 2.66. The van der Waals surface area contributed by atoms with E-state index in [0.29, 0.717) is 31.6 Å². The number of methoxy groups -OCH3 is 1. The molecule has 1 aromatic heterocycles. The lowest BCUT2D eigenvalue weighted by molar-refractivity contribution is -0.146. The van der Waals surface area contributed by atoms with Gasteiger partial charge in [0.05, 0.1) is 13.0 Å². The average molecular weight is 344 g/mol. The molecule has 2 heterocycles. The van der Waals surface area contributed by atoms with Crippen LogP contribution in [-0.2, 0) is 9.53 Å². The summed E-state index contributed by atoms with van der Waals surface area (Å²) in [4.78, 5) is 30.4. The molecular formula is C18H20N2O3S. The first-order valence-corrected chi connectivity index (χ1v) is 8.86. The van der Waals surface area contributed by atoms with E-state index in [4.69, 9.17) is 4.74 Å². The molecule has 2 aromatic rings. The third kappa shape index (κ3) is 3.48. The van der Waals surface area contributed by atoms with Crippen molar-refractivity contribution in [1.29, 1.82) is 0 Å². The van der Waals surface area contributed by atoms with E-state index in [1.54, 1.807) is 4.90 Å². The molecule has 126 valence electrons. The number of nitrogens with zero attached hydrogens (tertiary/aromatic N) is 2. The maximum Gasteiger partial charge on any atom is 0.308 e. The third-order valence-corrected chi connectivity index (χ3v) is 5.23. The molecule has 1 amide bonds. The molecule has 6 heteroatoms. The van der Waals surface area contributed by atoms with Crippen molar-refractivity contribution in [3.63, 3.8) is 0 Å². The number of aryl methyl sites for hydroxylation is 1. The van der Waals surface area contributed by atoms with Crippen LogP contribution in [-0.4, -0.2) is 42.0 Å². The van der Waals surface area contributed by atoms with E-state index in [-0.39, 0.29) is 17.8 Å². The Balaban J connectivity index is 1.66. The van der Waals surface area contributed by atoms with E-state index in [1.165, 1.54) is 24.0 Å². The number of likely N-dealkylation sites (tertiary alicyclic amines) is 1. The standard InChI is InChI=1S/C18H20N2O3S/c1-12-3-5-13(6-4-12)16-19-15(11-24-16)17(21)20-9-7-14(8-10-20)18(22)23-2/h3-6,11,14H,7-10H2,1-2H3. The fourth-order valence-electron chi connectivity index (χ4n) is 2.85. The van der Waals surface area contributed by atoms with Crippen LogP contribution in [0.1, 0.15) is 28.9 Å². The SMILES string of the molecule is COC(=O)C1CCN(C(=O)c2csc(-c3ccc(C)cc3)n2)CC1. The minimum atomic E-state index is -0.183. The van der Waals surface area contributed by atoms with Gasteiger partial charge in [0, 0.05) is 24.0 Å². The predicted molar refractivity (Wildman–Crippen MR) is 92.9 cm³/mol. The Bertz CT molecular complexity index is 731. The van der Waals surface area contributed by atoms with Gasteiger partial charge in [-0.2, -0.15) is 0 Å². The molecular weight excluding hydrogens is 324 g/mol. The van der Waals surface area contributed by atoms with Crippen LogP contribution in [0.2, 0.25) is 0 Å². The Hall–Kier alpha value is -2.21. The van der Waals surface area contributed by atoms with Crippen molar-refractivity contribution in [3.8, 4) is 10.6 Å². The Morgan fingerprint density at radius 3 is 2.50 bits per heavy atom. The van der Waals surface area contributed by atoms with Crippen molar-refractivity contribution in [2.45, 2.75) is 19.8 Å². The number of benzene rings is 1. The summed E-state index contributed by atoms with van der Waals surface area (Å²) in [5.74, 6) is -0.344. The molecule has 0 bridgehead atoms. The van der Waals surface area contributed by atoms with E-state index in [0.717, 1.165) is 10.6 Å². The number of amides is 1. The summed E-state index contributed by atoms with van der Waals surface area (Å²) in [6.07, 6.45) is 1.29. The zero-order valence-corrected chi connectivity index (χ0v) is 14.6. The van der Waals surface area contributed by atoms with Gasteiger partial charge in [0.2, 0.25) is 0 Å². The number of aromatic nitrogens is 1. The van der Waals surface area contributed by atoms with Crippen LogP contribution >= 0.6 is 11.3 Å². The van der Waals surface area contributed by atoms with Crippen LogP contribution in [0.3, 0.4) is 0 Å². The van der Waals surface area contributed by atoms with Crippen molar-refractivity contribution >= 4 is 23.2 Å². The molecule has 0 saturated carbocycles. The third-order valence-electron chi connectivity index (χ3n) is 4.34. The van der Waals surface area contributed by atoms with Crippen molar-refractivity contribution in [2.24, 2.45) is 5.92 Å². The highest BCUT2D eigenvalue weighted by Gasteiger charge is 2.29. The number of carbonyl (C=O) groups is 2. The van der Waals surface area contributed by atoms with E-state index >= 15 is 0 Å².